The Morgan fingerprint density at radius 2 is 1.60 bits per heavy atom. The highest BCUT2D eigenvalue weighted by Crippen LogP contribution is 2.27. The zero-order valence-electron chi connectivity index (χ0n) is 14.5. The lowest BCUT2D eigenvalue weighted by Gasteiger charge is -2.19. The summed E-state index contributed by atoms with van der Waals surface area (Å²) < 4.78 is 29.3. The predicted molar refractivity (Wildman–Crippen MR) is 89.4 cm³/mol. The second-order valence-electron chi connectivity index (χ2n) is 6.31. The number of esters is 1. The number of ether oxygens (including phenoxy) is 3. The standard InChI is InChI=1S/C19H19FO5/c1-12-14(20)10-11-15(24-18(22)25-19(2,3)4)16(12)17(21)23-13-8-6-5-7-9-13/h5-11H,1-4H3. The van der Waals surface area contributed by atoms with Crippen LogP contribution in [0.5, 0.6) is 11.5 Å². The quantitative estimate of drug-likeness (QED) is 0.459. The van der Waals surface area contributed by atoms with Gasteiger partial charge in [-0.15, -0.1) is 0 Å². The van der Waals surface area contributed by atoms with E-state index in [0.717, 1.165) is 6.07 Å². The molecule has 0 aromatic heterocycles. The molecule has 0 amide bonds. The lowest BCUT2D eigenvalue weighted by atomic mass is 10.1. The second-order valence-corrected chi connectivity index (χ2v) is 6.31. The average Bonchev–Trinajstić information content (AvgIpc) is 2.50. The molecular formula is C19H19FO5. The van der Waals surface area contributed by atoms with E-state index in [4.69, 9.17) is 14.2 Å². The van der Waals surface area contributed by atoms with Crippen molar-refractivity contribution in [3.8, 4) is 11.5 Å². The maximum Gasteiger partial charge on any atom is 0.514 e. The molecule has 0 atom stereocenters. The molecule has 0 unspecified atom stereocenters. The predicted octanol–water partition coefficient (Wildman–Crippen LogP) is 4.67. The van der Waals surface area contributed by atoms with Crippen LogP contribution in [0, 0.1) is 12.7 Å². The molecule has 0 aliphatic rings. The van der Waals surface area contributed by atoms with Crippen LogP contribution in [0.3, 0.4) is 0 Å². The van der Waals surface area contributed by atoms with Gasteiger partial charge in [0.2, 0.25) is 0 Å². The van der Waals surface area contributed by atoms with Crippen molar-refractivity contribution in [2.45, 2.75) is 33.3 Å². The first-order valence-electron chi connectivity index (χ1n) is 7.64. The van der Waals surface area contributed by atoms with E-state index >= 15 is 0 Å². The van der Waals surface area contributed by atoms with Crippen molar-refractivity contribution in [3.63, 3.8) is 0 Å². The van der Waals surface area contributed by atoms with Gasteiger partial charge in [-0.1, -0.05) is 18.2 Å². The highest BCUT2D eigenvalue weighted by molar-refractivity contribution is 5.96. The molecule has 0 aliphatic heterocycles. The molecule has 0 heterocycles. The summed E-state index contributed by atoms with van der Waals surface area (Å²) in [5.74, 6) is -1.29. The molecule has 0 saturated heterocycles. The molecule has 0 fully saturated rings. The number of hydrogen-bond acceptors (Lipinski definition) is 5. The lowest BCUT2D eigenvalue weighted by molar-refractivity contribution is 0.0204. The maximum atomic E-state index is 13.9. The Kier molecular flexibility index (Phi) is 5.41. The molecule has 6 heteroatoms. The number of halogens is 1. The van der Waals surface area contributed by atoms with E-state index in [0.29, 0.717) is 5.75 Å². The number of hydrogen-bond donors (Lipinski definition) is 0. The lowest BCUT2D eigenvalue weighted by Crippen LogP contribution is -2.26. The van der Waals surface area contributed by atoms with Crippen molar-refractivity contribution >= 4 is 12.1 Å². The molecule has 132 valence electrons. The summed E-state index contributed by atoms with van der Waals surface area (Å²) in [5, 5.41) is 0. The maximum absolute atomic E-state index is 13.9. The smallest absolute Gasteiger partial charge is 0.428 e. The fourth-order valence-corrected chi connectivity index (χ4v) is 2.01. The Morgan fingerprint density at radius 3 is 2.20 bits per heavy atom. The zero-order chi connectivity index (χ0) is 18.6. The minimum Gasteiger partial charge on any atom is -0.428 e. The third-order valence-corrected chi connectivity index (χ3v) is 3.10. The van der Waals surface area contributed by atoms with E-state index in [1.165, 1.54) is 13.0 Å². The average molecular weight is 346 g/mol. The van der Waals surface area contributed by atoms with E-state index in [2.05, 4.69) is 0 Å². The normalized spacial score (nSPS) is 10.9. The van der Waals surface area contributed by atoms with Crippen LogP contribution in [0.4, 0.5) is 9.18 Å². The minimum absolute atomic E-state index is 0.0157. The zero-order valence-corrected chi connectivity index (χ0v) is 14.5. The van der Waals surface area contributed by atoms with Crippen molar-refractivity contribution in [3.05, 3.63) is 59.4 Å². The van der Waals surface area contributed by atoms with Gasteiger partial charge in [-0.3, -0.25) is 0 Å². The van der Waals surface area contributed by atoms with Crippen LogP contribution in [0.25, 0.3) is 0 Å². The summed E-state index contributed by atoms with van der Waals surface area (Å²) in [5.41, 5.74) is -0.923. The summed E-state index contributed by atoms with van der Waals surface area (Å²) >= 11 is 0. The Morgan fingerprint density at radius 1 is 0.960 bits per heavy atom. The highest BCUT2D eigenvalue weighted by atomic mass is 19.1. The second kappa shape index (κ2) is 7.34. The molecule has 0 aliphatic carbocycles. The Hall–Kier alpha value is -2.89. The van der Waals surface area contributed by atoms with Gasteiger partial charge in [0.25, 0.3) is 0 Å². The van der Waals surface area contributed by atoms with E-state index in [9.17, 15) is 14.0 Å². The van der Waals surface area contributed by atoms with E-state index < -0.39 is 23.5 Å². The molecule has 25 heavy (non-hydrogen) atoms. The van der Waals surface area contributed by atoms with Gasteiger partial charge in [0.1, 0.15) is 28.5 Å². The fourth-order valence-electron chi connectivity index (χ4n) is 2.01. The van der Waals surface area contributed by atoms with Crippen molar-refractivity contribution < 1.29 is 28.2 Å². The summed E-state index contributed by atoms with van der Waals surface area (Å²) in [6.07, 6.45) is -0.993. The molecule has 0 N–H and O–H groups in total. The minimum atomic E-state index is -0.993. The van der Waals surface area contributed by atoms with Gasteiger partial charge < -0.3 is 14.2 Å². The molecule has 2 aromatic rings. The summed E-state index contributed by atoms with van der Waals surface area (Å²) in [6.45, 7) is 6.43. The summed E-state index contributed by atoms with van der Waals surface area (Å²) in [4.78, 5) is 24.3. The van der Waals surface area contributed by atoms with Gasteiger partial charge in [0, 0.05) is 5.56 Å². The third-order valence-electron chi connectivity index (χ3n) is 3.10. The van der Waals surface area contributed by atoms with E-state index in [1.54, 1.807) is 51.1 Å². The molecule has 0 radical (unpaired) electrons. The molecule has 5 nitrogen and oxygen atoms in total. The van der Waals surface area contributed by atoms with Crippen LogP contribution >= 0.6 is 0 Å². The first-order chi connectivity index (χ1) is 11.7. The SMILES string of the molecule is Cc1c(F)ccc(OC(=O)OC(C)(C)C)c1C(=O)Oc1ccccc1. The van der Waals surface area contributed by atoms with Crippen LogP contribution in [-0.2, 0) is 4.74 Å². The first kappa shape index (κ1) is 18.4. The highest BCUT2D eigenvalue weighted by Gasteiger charge is 2.25. The summed E-state index contributed by atoms with van der Waals surface area (Å²) in [6, 6.07) is 10.6. The van der Waals surface area contributed by atoms with Crippen LogP contribution in [0.2, 0.25) is 0 Å². The van der Waals surface area contributed by atoms with Crippen molar-refractivity contribution in [2.75, 3.05) is 0 Å². The van der Waals surface area contributed by atoms with Crippen LogP contribution in [0.15, 0.2) is 42.5 Å². The monoisotopic (exact) mass is 346 g/mol. The fraction of sp³-hybridized carbons (Fsp3) is 0.263. The van der Waals surface area contributed by atoms with Crippen molar-refractivity contribution in [1.82, 2.24) is 0 Å². The number of rotatable bonds is 3. The molecule has 0 saturated carbocycles. The van der Waals surface area contributed by atoms with Crippen LogP contribution < -0.4 is 9.47 Å². The molecule has 0 bridgehead atoms. The molecule has 2 aromatic carbocycles. The van der Waals surface area contributed by atoms with Crippen LogP contribution in [0.1, 0.15) is 36.7 Å². The Labute approximate surface area is 145 Å². The van der Waals surface area contributed by atoms with Gasteiger partial charge >= 0.3 is 12.1 Å². The van der Waals surface area contributed by atoms with E-state index in [1.807, 2.05) is 0 Å². The molecule has 0 spiro atoms. The van der Waals surface area contributed by atoms with Crippen molar-refractivity contribution in [2.24, 2.45) is 0 Å². The number of benzene rings is 2. The largest absolute Gasteiger partial charge is 0.514 e. The number of carbonyl (C=O) groups is 2. The van der Waals surface area contributed by atoms with E-state index in [-0.39, 0.29) is 16.9 Å². The molecule has 2 rings (SSSR count). The topological polar surface area (TPSA) is 61.8 Å². The summed E-state index contributed by atoms with van der Waals surface area (Å²) in [7, 11) is 0. The van der Waals surface area contributed by atoms with Gasteiger partial charge in [-0.05, 0) is 52.0 Å². The van der Waals surface area contributed by atoms with Crippen molar-refractivity contribution in [1.29, 1.82) is 0 Å². The first-order valence-corrected chi connectivity index (χ1v) is 7.64. The third kappa shape index (κ3) is 5.04. The van der Waals surface area contributed by atoms with Crippen LogP contribution in [-0.4, -0.2) is 17.7 Å². The number of carbonyl (C=O) groups excluding carboxylic acids is 2. The van der Waals surface area contributed by atoms with Gasteiger partial charge in [-0.25, -0.2) is 14.0 Å². The van der Waals surface area contributed by atoms with Gasteiger partial charge in [-0.2, -0.15) is 0 Å². The van der Waals surface area contributed by atoms with Gasteiger partial charge in [0.05, 0.1) is 0 Å². The Balaban J connectivity index is 2.31. The molecular weight excluding hydrogens is 327 g/mol. The Bertz CT molecular complexity index is 778. The van der Waals surface area contributed by atoms with Gasteiger partial charge in [0.15, 0.2) is 0 Å². The number of para-hydroxylation sites is 1.